The van der Waals surface area contributed by atoms with Crippen LogP contribution < -0.4 is 0 Å². The summed E-state index contributed by atoms with van der Waals surface area (Å²) >= 11 is 0. The van der Waals surface area contributed by atoms with E-state index in [-0.39, 0.29) is 6.61 Å². The molecule has 0 aliphatic carbocycles. The lowest BCUT2D eigenvalue weighted by atomic mass is 10.0. The minimum atomic E-state index is 0.158. The van der Waals surface area contributed by atoms with E-state index in [1.807, 2.05) is 12.1 Å². The molecule has 2 nitrogen and oxygen atoms in total. The highest BCUT2D eigenvalue weighted by molar-refractivity contribution is 5.18. The molecule has 0 saturated heterocycles. The van der Waals surface area contributed by atoms with Gasteiger partial charge in [-0.3, -0.25) is 0 Å². The Hall–Kier alpha value is -2.06. The Bertz CT molecular complexity index is 630. The van der Waals surface area contributed by atoms with E-state index in [9.17, 15) is 0 Å². The van der Waals surface area contributed by atoms with Gasteiger partial charge in [-0.2, -0.15) is 0 Å². The van der Waals surface area contributed by atoms with Gasteiger partial charge < -0.3 is 10.2 Å². The molecule has 0 heterocycles. The summed E-state index contributed by atoms with van der Waals surface area (Å²) in [5.41, 5.74) is 5.66. The van der Waals surface area contributed by atoms with Crippen molar-refractivity contribution in [3.8, 4) is 5.75 Å². The molecule has 0 fully saturated rings. The minimum absolute atomic E-state index is 0.158. The van der Waals surface area contributed by atoms with Gasteiger partial charge in [0.05, 0.1) is 6.61 Å². The molecule has 28 heavy (non-hydrogen) atoms. The molecular weight excluding hydrogens is 344 g/mol. The van der Waals surface area contributed by atoms with E-state index >= 15 is 0 Å². The number of rotatable bonds is 10. The molecular formula is C26H40O2. The van der Waals surface area contributed by atoms with Gasteiger partial charge in [-0.05, 0) is 85.3 Å². The Kier molecular flexibility index (Phi) is 15.8. The number of benzene rings is 1. The summed E-state index contributed by atoms with van der Waals surface area (Å²) in [5, 5.41) is 17.4. The largest absolute Gasteiger partial charge is 0.508 e. The van der Waals surface area contributed by atoms with E-state index < -0.39 is 0 Å². The first-order valence-electron chi connectivity index (χ1n) is 10.3. The number of aliphatic hydroxyl groups excluding tert-OH is 1. The molecule has 0 bridgehead atoms. The van der Waals surface area contributed by atoms with Crippen molar-refractivity contribution < 1.29 is 10.2 Å². The molecule has 0 amide bonds. The zero-order chi connectivity index (χ0) is 21.2. The van der Waals surface area contributed by atoms with Gasteiger partial charge in [0.25, 0.3) is 0 Å². The third-order valence-electron chi connectivity index (χ3n) is 4.35. The van der Waals surface area contributed by atoms with Crippen LogP contribution in [0.1, 0.15) is 73.1 Å². The quantitative estimate of drug-likeness (QED) is 0.410. The minimum Gasteiger partial charge on any atom is -0.508 e. The highest BCUT2D eigenvalue weighted by Crippen LogP contribution is 2.13. The van der Waals surface area contributed by atoms with Gasteiger partial charge in [-0.15, -0.1) is 0 Å². The van der Waals surface area contributed by atoms with Gasteiger partial charge in [0.2, 0.25) is 0 Å². The fourth-order valence-corrected chi connectivity index (χ4v) is 2.57. The molecule has 0 radical (unpaired) electrons. The highest BCUT2D eigenvalue weighted by Gasteiger charge is 1.93. The van der Waals surface area contributed by atoms with E-state index in [4.69, 9.17) is 10.2 Å². The fourth-order valence-electron chi connectivity index (χ4n) is 2.57. The second kappa shape index (κ2) is 17.1. The third kappa shape index (κ3) is 17.4. The standard InChI is InChI=1S/C20H34O.C6H6O/c1-17(2)9-6-10-18(3)11-7-12-19(4)13-8-14-20(5)15-16-21;7-6-4-2-1-3-5-6/h9,11,13,15,21H,6-8,10,12,14,16H2,1-5H3;1-5,7H/b18-11+,19-13+,20-15+;. The molecule has 0 atom stereocenters. The SMILES string of the molecule is CC(C)=CCC/C(C)=C/CC/C(C)=C/CC/C(C)=C/CO.Oc1ccccc1. The summed E-state index contributed by atoms with van der Waals surface area (Å²) in [6, 6.07) is 8.71. The van der Waals surface area contributed by atoms with E-state index in [2.05, 4.69) is 52.8 Å². The topological polar surface area (TPSA) is 40.5 Å². The molecule has 1 aromatic carbocycles. The highest BCUT2D eigenvalue weighted by atomic mass is 16.3. The van der Waals surface area contributed by atoms with Gasteiger partial charge in [0.1, 0.15) is 5.75 Å². The Morgan fingerprint density at radius 1 is 0.679 bits per heavy atom. The van der Waals surface area contributed by atoms with Crippen LogP contribution in [0.3, 0.4) is 0 Å². The van der Waals surface area contributed by atoms with Crippen LogP contribution in [0.2, 0.25) is 0 Å². The molecule has 0 spiro atoms. The molecule has 0 aliphatic heterocycles. The van der Waals surface area contributed by atoms with E-state index in [0.29, 0.717) is 5.75 Å². The molecule has 156 valence electrons. The van der Waals surface area contributed by atoms with Gasteiger partial charge >= 0.3 is 0 Å². The maximum absolute atomic E-state index is 8.80. The molecule has 1 aromatic rings. The van der Waals surface area contributed by atoms with Gasteiger partial charge in [-0.25, -0.2) is 0 Å². The number of hydrogen-bond acceptors (Lipinski definition) is 2. The van der Waals surface area contributed by atoms with Crippen molar-refractivity contribution in [3.63, 3.8) is 0 Å². The average Bonchev–Trinajstić information content (AvgIpc) is 2.63. The molecule has 2 N–H and O–H groups in total. The van der Waals surface area contributed by atoms with Crippen LogP contribution in [-0.4, -0.2) is 16.8 Å². The predicted molar refractivity (Wildman–Crippen MR) is 124 cm³/mol. The van der Waals surface area contributed by atoms with Crippen molar-refractivity contribution >= 4 is 0 Å². The summed E-state index contributed by atoms with van der Waals surface area (Å²) in [7, 11) is 0. The smallest absolute Gasteiger partial charge is 0.115 e. The van der Waals surface area contributed by atoms with Crippen molar-refractivity contribution in [1.29, 1.82) is 0 Å². The van der Waals surface area contributed by atoms with Crippen LogP contribution in [0.25, 0.3) is 0 Å². The third-order valence-corrected chi connectivity index (χ3v) is 4.35. The van der Waals surface area contributed by atoms with Gasteiger partial charge in [-0.1, -0.05) is 64.8 Å². The monoisotopic (exact) mass is 384 g/mol. The first-order valence-corrected chi connectivity index (χ1v) is 10.3. The van der Waals surface area contributed by atoms with Crippen molar-refractivity contribution in [2.24, 2.45) is 0 Å². The van der Waals surface area contributed by atoms with Crippen LogP contribution in [0.15, 0.2) is 76.9 Å². The van der Waals surface area contributed by atoms with Crippen molar-refractivity contribution in [2.75, 3.05) is 6.61 Å². The lowest BCUT2D eigenvalue weighted by molar-refractivity contribution is 0.341. The lowest BCUT2D eigenvalue weighted by Crippen LogP contribution is -1.83. The van der Waals surface area contributed by atoms with Crippen LogP contribution in [0, 0.1) is 0 Å². The summed E-state index contributed by atoms with van der Waals surface area (Å²) in [5.74, 6) is 0.322. The summed E-state index contributed by atoms with van der Waals surface area (Å²) in [6.45, 7) is 11.0. The lowest BCUT2D eigenvalue weighted by Gasteiger charge is -2.02. The second-order valence-electron chi connectivity index (χ2n) is 7.57. The Balaban J connectivity index is 0.000000861. The number of aromatic hydroxyl groups is 1. The fraction of sp³-hybridized carbons (Fsp3) is 0.462. The normalized spacial score (nSPS) is 12.3. The van der Waals surface area contributed by atoms with Crippen molar-refractivity contribution in [1.82, 2.24) is 0 Å². The number of phenolic OH excluding ortho intramolecular Hbond substituents is 1. The van der Waals surface area contributed by atoms with Crippen LogP contribution in [0.5, 0.6) is 5.75 Å². The number of allylic oxidation sites excluding steroid dienone is 7. The number of phenols is 1. The summed E-state index contributed by atoms with van der Waals surface area (Å²) in [6.07, 6.45) is 15.7. The van der Waals surface area contributed by atoms with Crippen molar-refractivity contribution in [2.45, 2.75) is 73.1 Å². The Labute approximate surface area is 173 Å². The Morgan fingerprint density at radius 2 is 1.11 bits per heavy atom. The van der Waals surface area contributed by atoms with Crippen LogP contribution in [0.4, 0.5) is 0 Å². The molecule has 2 heteroatoms. The average molecular weight is 385 g/mol. The predicted octanol–water partition coefficient (Wildman–Crippen LogP) is 7.52. The molecule has 1 rings (SSSR count). The zero-order valence-electron chi connectivity index (χ0n) is 18.5. The first-order chi connectivity index (χ1) is 13.3. The number of hydrogen-bond donors (Lipinski definition) is 2. The van der Waals surface area contributed by atoms with E-state index in [1.54, 1.807) is 24.3 Å². The summed E-state index contributed by atoms with van der Waals surface area (Å²) in [4.78, 5) is 0. The molecule has 0 aromatic heterocycles. The summed E-state index contributed by atoms with van der Waals surface area (Å²) < 4.78 is 0. The maximum Gasteiger partial charge on any atom is 0.115 e. The van der Waals surface area contributed by atoms with Crippen LogP contribution in [-0.2, 0) is 0 Å². The van der Waals surface area contributed by atoms with E-state index in [1.165, 1.54) is 28.7 Å². The number of aliphatic hydroxyl groups is 1. The van der Waals surface area contributed by atoms with Crippen molar-refractivity contribution in [3.05, 3.63) is 76.9 Å². The zero-order valence-corrected chi connectivity index (χ0v) is 18.5. The maximum atomic E-state index is 8.80. The molecule has 0 unspecified atom stereocenters. The molecule has 0 aliphatic rings. The Morgan fingerprint density at radius 3 is 1.46 bits per heavy atom. The molecule has 0 saturated carbocycles. The van der Waals surface area contributed by atoms with Gasteiger partial charge in [0, 0.05) is 0 Å². The van der Waals surface area contributed by atoms with E-state index in [0.717, 1.165) is 32.1 Å². The second-order valence-corrected chi connectivity index (χ2v) is 7.57. The van der Waals surface area contributed by atoms with Crippen LogP contribution >= 0.6 is 0 Å². The van der Waals surface area contributed by atoms with Gasteiger partial charge in [0.15, 0.2) is 0 Å². The number of para-hydroxylation sites is 1. The first kappa shape index (κ1) is 25.9.